The number of aryl methyl sites for hydroxylation is 1. The first kappa shape index (κ1) is 17.1. The lowest BCUT2D eigenvalue weighted by Gasteiger charge is -2.16. The van der Waals surface area contributed by atoms with E-state index in [-0.39, 0.29) is 6.10 Å². The number of pyridine rings is 1. The first-order chi connectivity index (χ1) is 11.7. The number of rotatable bonds is 6. The van der Waals surface area contributed by atoms with E-state index in [9.17, 15) is 5.11 Å². The summed E-state index contributed by atoms with van der Waals surface area (Å²) in [5, 5.41) is 9.78. The van der Waals surface area contributed by atoms with Crippen LogP contribution < -0.4 is 0 Å². The van der Waals surface area contributed by atoms with Crippen LogP contribution in [0.1, 0.15) is 60.0 Å². The first-order valence-electron chi connectivity index (χ1n) is 8.59. The summed E-state index contributed by atoms with van der Waals surface area (Å²) in [6.07, 6.45) is 6.87. The summed E-state index contributed by atoms with van der Waals surface area (Å²) in [4.78, 5) is 4.21. The molecule has 0 saturated carbocycles. The highest BCUT2D eigenvalue weighted by atomic mass is 16.6. The van der Waals surface area contributed by atoms with E-state index < -0.39 is 6.29 Å². The van der Waals surface area contributed by atoms with Gasteiger partial charge in [0.1, 0.15) is 0 Å². The molecule has 1 N–H and O–H groups in total. The fourth-order valence-electron chi connectivity index (χ4n) is 3.32. The zero-order valence-corrected chi connectivity index (χ0v) is 14.4. The van der Waals surface area contributed by atoms with Gasteiger partial charge in [-0.1, -0.05) is 25.1 Å². The van der Waals surface area contributed by atoms with Crippen LogP contribution in [-0.2, 0) is 22.3 Å². The Morgan fingerprint density at radius 2 is 2.17 bits per heavy atom. The minimum Gasteiger partial charge on any atom is -0.374 e. The fraction of sp³-hybridized carbons (Fsp3) is 0.450. The summed E-state index contributed by atoms with van der Waals surface area (Å²) < 4.78 is 10.8. The molecule has 1 aliphatic rings. The molecule has 1 saturated heterocycles. The molecule has 0 bridgehead atoms. The molecule has 3 rings (SSSR count). The second kappa shape index (κ2) is 7.88. The number of aliphatic hydroxyl groups excluding tert-OH is 1. The molecule has 0 spiro atoms. The normalized spacial score (nSPS) is 18.7. The largest absolute Gasteiger partial charge is 0.374 e. The number of hydrogen-bond donors (Lipinski definition) is 1. The van der Waals surface area contributed by atoms with Crippen molar-refractivity contribution in [2.24, 2.45) is 0 Å². The standard InChI is InChI=1S/C20H25NO3/c1-3-16-10-14(6-7-18(16)19-5-4-8-24-19)9-15-11-17(13-21-12-15)20(22)23-2/h6-7,10-13,19-20,22H,3-5,8-9H2,1-2H3. The smallest absolute Gasteiger partial charge is 0.182 e. The van der Waals surface area contributed by atoms with Crippen molar-refractivity contribution in [2.45, 2.75) is 45.0 Å². The van der Waals surface area contributed by atoms with Crippen LogP contribution in [0.15, 0.2) is 36.7 Å². The summed E-state index contributed by atoms with van der Waals surface area (Å²) in [6.45, 7) is 3.06. The maximum atomic E-state index is 9.78. The summed E-state index contributed by atoms with van der Waals surface area (Å²) in [5.41, 5.74) is 5.69. The minimum atomic E-state index is -0.925. The van der Waals surface area contributed by atoms with Crippen molar-refractivity contribution < 1.29 is 14.6 Å². The molecule has 4 heteroatoms. The van der Waals surface area contributed by atoms with Gasteiger partial charge >= 0.3 is 0 Å². The number of methoxy groups -OCH3 is 1. The summed E-state index contributed by atoms with van der Waals surface area (Å²) in [6, 6.07) is 8.61. The molecule has 24 heavy (non-hydrogen) atoms. The second-order valence-electron chi connectivity index (χ2n) is 6.28. The number of benzene rings is 1. The molecule has 0 radical (unpaired) electrons. The molecule has 4 nitrogen and oxygen atoms in total. The zero-order valence-electron chi connectivity index (χ0n) is 14.4. The number of ether oxygens (including phenoxy) is 2. The van der Waals surface area contributed by atoms with E-state index in [1.165, 1.54) is 23.8 Å². The van der Waals surface area contributed by atoms with Gasteiger partial charge in [0.2, 0.25) is 0 Å². The highest BCUT2D eigenvalue weighted by molar-refractivity contribution is 5.36. The first-order valence-corrected chi connectivity index (χ1v) is 8.59. The highest BCUT2D eigenvalue weighted by Crippen LogP contribution is 2.32. The summed E-state index contributed by atoms with van der Waals surface area (Å²) in [7, 11) is 1.48. The van der Waals surface area contributed by atoms with Crippen molar-refractivity contribution in [3.63, 3.8) is 0 Å². The molecule has 1 aromatic carbocycles. The lowest BCUT2D eigenvalue weighted by molar-refractivity contribution is -0.0771. The van der Waals surface area contributed by atoms with E-state index >= 15 is 0 Å². The Labute approximate surface area is 143 Å². The minimum absolute atomic E-state index is 0.260. The maximum absolute atomic E-state index is 9.78. The van der Waals surface area contributed by atoms with E-state index in [1.807, 2.05) is 12.3 Å². The van der Waals surface area contributed by atoms with Crippen LogP contribution in [0.25, 0.3) is 0 Å². The monoisotopic (exact) mass is 327 g/mol. The van der Waals surface area contributed by atoms with Crippen LogP contribution in [-0.4, -0.2) is 23.8 Å². The van der Waals surface area contributed by atoms with Crippen LogP contribution in [0.4, 0.5) is 0 Å². The summed E-state index contributed by atoms with van der Waals surface area (Å²) in [5.74, 6) is 0. The van der Waals surface area contributed by atoms with Gasteiger partial charge in [-0.05, 0) is 54.0 Å². The van der Waals surface area contributed by atoms with Gasteiger partial charge in [-0.25, -0.2) is 0 Å². The van der Waals surface area contributed by atoms with E-state index in [1.54, 1.807) is 6.20 Å². The van der Waals surface area contributed by atoms with Gasteiger partial charge in [0.05, 0.1) is 6.10 Å². The molecule has 2 unspecified atom stereocenters. The number of hydrogen-bond acceptors (Lipinski definition) is 4. The van der Waals surface area contributed by atoms with Crippen molar-refractivity contribution in [2.75, 3.05) is 13.7 Å². The molecular formula is C20H25NO3. The van der Waals surface area contributed by atoms with Gasteiger partial charge in [-0.2, -0.15) is 0 Å². The Bertz CT molecular complexity index is 680. The Hall–Kier alpha value is -1.75. The third-order valence-electron chi connectivity index (χ3n) is 4.60. The average Bonchev–Trinajstić information content (AvgIpc) is 3.15. The third-order valence-corrected chi connectivity index (χ3v) is 4.60. The molecule has 2 heterocycles. The lowest BCUT2D eigenvalue weighted by atomic mass is 9.94. The van der Waals surface area contributed by atoms with Gasteiger partial charge in [0, 0.05) is 31.7 Å². The van der Waals surface area contributed by atoms with Gasteiger partial charge < -0.3 is 14.6 Å². The van der Waals surface area contributed by atoms with E-state index in [0.29, 0.717) is 5.56 Å². The van der Waals surface area contributed by atoms with E-state index in [0.717, 1.165) is 37.9 Å². The topological polar surface area (TPSA) is 51.6 Å². The molecule has 2 atom stereocenters. The van der Waals surface area contributed by atoms with Crippen molar-refractivity contribution in [3.05, 3.63) is 64.5 Å². The fourth-order valence-corrected chi connectivity index (χ4v) is 3.32. The van der Waals surface area contributed by atoms with Crippen LogP contribution in [0.5, 0.6) is 0 Å². The molecule has 128 valence electrons. The molecule has 1 aromatic heterocycles. The lowest BCUT2D eigenvalue weighted by Crippen LogP contribution is -2.03. The van der Waals surface area contributed by atoms with Crippen LogP contribution in [0, 0.1) is 0 Å². The Morgan fingerprint density at radius 1 is 1.29 bits per heavy atom. The quantitative estimate of drug-likeness (QED) is 0.822. The zero-order chi connectivity index (χ0) is 16.9. The van der Waals surface area contributed by atoms with Crippen LogP contribution in [0.2, 0.25) is 0 Å². The van der Waals surface area contributed by atoms with Crippen molar-refractivity contribution in [1.29, 1.82) is 0 Å². The molecule has 1 fully saturated rings. The van der Waals surface area contributed by atoms with Crippen molar-refractivity contribution >= 4 is 0 Å². The highest BCUT2D eigenvalue weighted by Gasteiger charge is 2.20. The molecule has 0 amide bonds. The second-order valence-corrected chi connectivity index (χ2v) is 6.28. The van der Waals surface area contributed by atoms with Gasteiger partial charge in [0.15, 0.2) is 6.29 Å². The summed E-state index contributed by atoms with van der Waals surface area (Å²) >= 11 is 0. The van der Waals surface area contributed by atoms with Gasteiger partial charge in [-0.3, -0.25) is 4.98 Å². The maximum Gasteiger partial charge on any atom is 0.182 e. The molecule has 2 aromatic rings. The number of aliphatic hydroxyl groups is 1. The Kier molecular flexibility index (Phi) is 5.61. The van der Waals surface area contributed by atoms with Crippen molar-refractivity contribution in [1.82, 2.24) is 4.98 Å². The van der Waals surface area contributed by atoms with E-state index in [4.69, 9.17) is 9.47 Å². The van der Waals surface area contributed by atoms with Crippen LogP contribution >= 0.6 is 0 Å². The van der Waals surface area contributed by atoms with Crippen LogP contribution in [0.3, 0.4) is 0 Å². The molecular weight excluding hydrogens is 302 g/mol. The number of nitrogens with zero attached hydrogens (tertiary/aromatic N) is 1. The SMILES string of the molecule is CCc1cc(Cc2cncc(C(O)OC)c2)ccc1C1CCCO1. The predicted octanol–water partition coefficient (Wildman–Crippen LogP) is 3.72. The number of aromatic nitrogens is 1. The Balaban J connectivity index is 1.80. The average molecular weight is 327 g/mol. The predicted molar refractivity (Wildman–Crippen MR) is 92.8 cm³/mol. The van der Waals surface area contributed by atoms with E-state index in [2.05, 4.69) is 30.1 Å². The molecule has 1 aliphatic heterocycles. The van der Waals surface area contributed by atoms with Gasteiger partial charge in [0.25, 0.3) is 0 Å². The molecule has 0 aliphatic carbocycles. The van der Waals surface area contributed by atoms with Crippen molar-refractivity contribution in [3.8, 4) is 0 Å². The third kappa shape index (κ3) is 3.83. The Morgan fingerprint density at radius 3 is 2.88 bits per heavy atom. The van der Waals surface area contributed by atoms with Gasteiger partial charge in [-0.15, -0.1) is 0 Å².